The van der Waals surface area contributed by atoms with Crippen molar-refractivity contribution in [3.8, 4) is 11.5 Å². The lowest BCUT2D eigenvalue weighted by Crippen LogP contribution is -2.13. The van der Waals surface area contributed by atoms with E-state index in [0.29, 0.717) is 0 Å². The molecular weight excluding hydrogens is 410 g/mol. The zero-order valence-electron chi connectivity index (χ0n) is 13.8. The Balaban J connectivity index is 2.27. The van der Waals surface area contributed by atoms with E-state index in [1.165, 1.54) is 31.4 Å². The molecule has 0 aliphatic carbocycles. The third-order valence-corrected chi connectivity index (χ3v) is 4.86. The molecule has 0 fully saturated rings. The second-order valence-electron chi connectivity index (χ2n) is 5.32. The van der Waals surface area contributed by atoms with Gasteiger partial charge in [0.25, 0.3) is 6.04 Å². The number of halogens is 4. The molecule has 6 nitrogen and oxygen atoms in total. The first-order valence-corrected chi connectivity index (χ1v) is 9.12. The highest BCUT2D eigenvalue weighted by Gasteiger charge is 2.34. The second-order valence-corrected chi connectivity index (χ2v) is 7.12. The van der Waals surface area contributed by atoms with Crippen molar-refractivity contribution in [1.82, 2.24) is 0 Å². The minimum absolute atomic E-state index is 0.0394. The number of ether oxygens (including phenoxy) is 1. The van der Waals surface area contributed by atoms with E-state index < -0.39 is 30.7 Å². The largest absolute Gasteiger partial charge is 0.515 e. The lowest BCUT2D eigenvalue weighted by molar-refractivity contribution is -0.523. The highest BCUT2D eigenvalue weighted by atomic mass is 35.5. The van der Waals surface area contributed by atoms with Gasteiger partial charge in [0.1, 0.15) is 11.5 Å². The Kier molecular flexibility index (Phi) is 6.75. The number of hydrogen-bond acceptors (Lipinski definition) is 5. The fraction of sp³-hybridized carbons (Fsp3) is 0.250. The van der Waals surface area contributed by atoms with E-state index in [9.17, 15) is 27.9 Å². The molecule has 2 aromatic rings. The van der Waals surface area contributed by atoms with Crippen molar-refractivity contribution in [2.45, 2.75) is 12.2 Å². The van der Waals surface area contributed by atoms with Gasteiger partial charge in [0.05, 0.1) is 17.7 Å². The molecule has 0 N–H and O–H groups in total. The van der Waals surface area contributed by atoms with Gasteiger partial charge in [-0.15, -0.1) is 4.52 Å². The Morgan fingerprint density at radius 1 is 1.26 bits per heavy atom. The number of hydrogen-bond donors (Lipinski definition) is 0. The van der Waals surface area contributed by atoms with Crippen LogP contribution in [0.1, 0.15) is 17.2 Å². The van der Waals surface area contributed by atoms with Gasteiger partial charge >= 0.3 is 14.2 Å². The Bertz CT molecular complexity index is 862. The van der Waals surface area contributed by atoms with Crippen LogP contribution >= 0.6 is 19.6 Å². The van der Waals surface area contributed by atoms with Crippen molar-refractivity contribution in [3.05, 3.63) is 68.7 Å². The molecular formula is C16H13ClF3NO5P+. The van der Waals surface area contributed by atoms with Gasteiger partial charge in [-0.05, 0) is 34.9 Å². The summed E-state index contributed by atoms with van der Waals surface area (Å²) in [5.74, 6) is 0.0936. The Labute approximate surface area is 157 Å². The molecule has 0 aliphatic heterocycles. The molecule has 144 valence electrons. The maximum absolute atomic E-state index is 12.7. The quantitative estimate of drug-likeness (QED) is 0.317. The van der Waals surface area contributed by atoms with Gasteiger partial charge in [-0.3, -0.25) is 10.1 Å². The fourth-order valence-electron chi connectivity index (χ4n) is 2.18. The number of benzene rings is 2. The van der Waals surface area contributed by atoms with Gasteiger partial charge < -0.3 is 4.74 Å². The molecule has 2 unspecified atom stereocenters. The molecule has 0 heterocycles. The van der Waals surface area contributed by atoms with Gasteiger partial charge in [0, 0.05) is 10.5 Å². The summed E-state index contributed by atoms with van der Waals surface area (Å²) in [6.07, 6.45) is -4.87. The highest BCUT2D eigenvalue weighted by molar-refractivity contribution is 7.39. The molecule has 0 aliphatic rings. The van der Waals surface area contributed by atoms with E-state index in [1.54, 1.807) is 0 Å². The van der Waals surface area contributed by atoms with Crippen molar-refractivity contribution < 1.29 is 31.9 Å². The summed E-state index contributed by atoms with van der Waals surface area (Å²) in [6, 6.07) is 7.03. The highest BCUT2D eigenvalue weighted by Crippen LogP contribution is 2.37. The third kappa shape index (κ3) is 5.63. The van der Waals surface area contributed by atoms with Crippen LogP contribution < -0.4 is 4.74 Å². The summed E-state index contributed by atoms with van der Waals surface area (Å²) >= 11 is 5.84. The summed E-state index contributed by atoms with van der Waals surface area (Å²) in [5.41, 5.74) is -0.716. The first kappa shape index (κ1) is 21.1. The van der Waals surface area contributed by atoms with Crippen LogP contribution in [0.4, 0.5) is 13.2 Å². The topological polar surface area (TPSA) is 78.7 Å². The Morgan fingerprint density at radius 2 is 1.96 bits per heavy atom. The zero-order chi connectivity index (χ0) is 20.2. The molecule has 2 atom stereocenters. The van der Waals surface area contributed by atoms with Crippen molar-refractivity contribution >= 4 is 19.6 Å². The van der Waals surface area contributed by atoms with Crippen LogP contribution in [0.15, 0.2) is 42.5 Å². The lowest BCUT2D eigenvalue weighted by atomic mass is 10.1. The first-order valence-electron chi connectivity index (χ1n) is 7.38. The van der Waals surface area contributed by atoms with Crippen molar-refractivity contribution in [2.75, 3.05) is 13.3 Å². The smallest absolute Gasteiger partial charge is 0.456 e. The van der Waals surface area contributed by atoms with E-state index in [0.717, 1.165) is 18.2 Å². The van der Waals surface area contributed by atoms with Gasteiger partial charge in [-0.1, -0.05) is 23.7 Å². The van der Waals surface area contributed by atoms with Gasteiger partial charge in [0.15, 0.2) is 0 Å². The average Bonchev–Trinajstić information content (AvgIpc) is 2.60. The molecule has 2 rings (SSSR count). The summed E-state index contributed by atoms with van der Waals surface area (Å²) in [4.78, 5) is 10.7. The maximum Gasteiger partial charge on any atom is 0.515 e. The third-order valence-electron chi connectivity index (χ3n) is 3.51. The summed E-state index contributed by atoms with van der Waals surface area (Å²) in [6.45, 7) is 0. The molecule has 0 radical (unpaired) electrons. The summed E-state index contributed by atoms with van der Waals surface area (Å²) < 4.78 is 59.6. The van der Waals surface area contributed by atoms with Crippen LogP contribution in [0, 0.1) is 10.1 Å². The van der Waals surface area contributed by atoms with E-state index in [2.05, 4.69) is 4.52 Å². The van der Waals surface area contributed by atoms with Crippen molar-refractivity contribution in [1.29, 1.82) is 0 Å². The average molecular weight is 423 g/mol. The monoisotopic (exact) mass is 422 g/mol. The van der Waals surface area contributed by atoms with Gasteiger partial charge in [-0.2, -0.15) is 13.2 Å². The van der Waals surface area contributed by atoms with Gasteiger partial charge in [0.2, 0.25) is 6.16 Å². The van der Waals surface area contributed by atoms with Crippen molar-refractivity contribution in [2.24, 2.45) is 0 Å². The molecule has 11 heteroatoms. The maximum atomic E-state index is 12.7. The van der Waals surface area contributed by atoms with Crippen LogP contribution in [-0.2, 0) is 15.3 Å². The molecule has 0 saturated carbocycles. The zero-order valence-corrected chi connectivity index (χ0v) is 15.4. The Hall–Kier alpha value is -2.22. The number of alkyl halides is 3. The predicted octanol–water partition coefficient (Wildman–Crippen LogP) is 5.86. The fourth-order valence-corrected chi connectivity index (χ4v) is 3.18. The van der Waals surface area contributed by atoms with Crippen LogP contribution in [0.25, 0.3) is 0 Å². The SMILES string of the molecule is CO[P+](=O)CC(c1cccc(Oc2ccc(C(F)(F)F)cc2Cl)c1)[N+](=O)[O-]. The Morgan fingerprint density at radius 3 is 2.52 bits per heavy atom. The standard InChI is InChI=1S/C16H13ClF3NO5P/c1-25-27(24)9-14(21(22)23)10-3-2-4-12(7-10)26-15-6-5-11(8-13(15)17)16(18,19)20/h2-8,14H,9H2,1H3/q+1. The van der Waals surface area contributed by atoms with E-state index in [1.807, 2.05) is 0 Å². The number of nitrogens with zero attached hydrogens (tertiary/aromatic N) is 1. The molecule has 27 heavy (non-hydrogen) atoms. The lowest BCUT2D eigenvalue weighted by Gasteiger charge is -2.12. The predicted molar refractivity (Wildman–Crippen MR) is 92.2 cm³/mol. The summed E-state index contributed by atoms with van der Waals surface area (Å²) in [7, 11) is -1.03. The van der Waals surface area contributed by atoms with Crippen LogP contribution in [-0.4, -0.2) is 18.2 Å². The van der Waals surface area contributed by atoms with E-state index in [-0.39, 0.29) is 28.2 Å². The van der Waals surface area contributed by atoms with E-state index >= 15 is 0 Å². The minimum Gasteiger partial charge on any atom is -0.456 e. The first-order chi connectivity index (χ1) is 12.6. The molecule has 0 saturated heterocycles. The molecule has 0 aromatic heterocycles. The molecule has 2 aromatic carbocycles. The molecule has 0 spiro atoms. The summed E-state index contributed by atoms with van der Waals surface area (Å²) in [5, 5.41) is 11.0. The minimum atomic E-state index is -4.54. The van der Waals surface area contributed by atoms with Crippen LogP contribution in [0.5, 0.6) is 11.5 Å². The van der Waals surface area contributed by atoms with Crippen LogP contribution in [0.3, 0.4) is 0 Å². The van der Waals surface area contributed by atoms with Gasteiger partial charge in [-0.25, -0.2) is 0 Å². The van der Waals surface area contributed by atoms with Crippen LogP contribution in [0.2, 0.25) is 5.02 Å². The molecule has 0 amide bonds. The number of nitro groups is 1. The normalized spacial score (nSPS) is 13.1. The second kappa shape index (κ2) is 8.65. The number of rotatable bonds is 7. The van der Waals surface area contributed by atoms with E-state index in [4.69, 9.17) is 16.3 Å². The van der Waals surface area contributed by atoms with Crippen molar-refractivity contribution in [3.63, 3.8) is 0 Å². The molecule has 0 bridgehead atoms.